The number of fused-ring (bicyclic) bond motifs is 1. The van der Waals surface area contributed by atoms with Crippen LogP contribution < -0.4 is 4.74 Å². The van der Waals surface area contributed by atoms with Crippen molar-refractivity contribution in [3.05, 3.63) is 108 Å². The lowest BCUT2D eigenvalue weighted by molar-refractivity contribution is -0.117. The van der Waals surface area contributed by atoms with Crippen LogP contribution in [-0.4, -0.2) is 31.3 Å². The molecule has 3 aromatic heterocycles. The Hall–Kier alpha value is -4.72. The van der Waals surface area contributed by atoms with E-state index in [1.807, 2.05) is 36.4 Å². The summed E-state index contributed by atoms with van der Waals surface area (Å²) in [5, 5.41) is 5.81. The third-order valence-electron chi connectivity index (χ3n) is 6.75. The third-order valence-corrected chi connectivity index (χ3v) is 6.75. The fourth-order valence-corrected chi connectivity index (χ4v) is 4.49. The standard InChI is InChI=1S/C33H31FN4O3/c1-5-31(40)30-20-27(12-14-36-30)41-26-10-8-21(28(34)19-26)16-25(39)17-24-18-32(33(2,3)4)37-38(24)23-9-11-29-22(15-23)7-6-13-35-29/h6-15,18-20H,5,16-17H2,1-4H3. The lowest BCUT2D eigenvalue weighted by atomic mass is 9.92. The number of hydrogen-bond donors (Lipinski definition) is 0. The highest BCUT2D eigenvalue weighted by atomic mass is 19.1. The van der Waals surface area contributed by atoms with E-state index < -0.39 is 5.82 Å². The minimum atomic E-state index is -0.541. The van der Waals surface area contributed by atoms with Crippen molar-refractivity contribution in [2.75, 3.05) is 0 Å². The highest BCUT2D eigenvalue weighted by Gasteiger charge is 2.22. The Morgan fingerprint density at radius 1 is 0.902 bits per heavy atom. The monoisotopic (exact) mass is 550 g/mol. The van der Waals surface area contributed by atoms with Gasteiger partial charge in [-0.3, -0.25) is 19.6 Å². The summed E-state index contributed by atoms with van der Waals surface area (Å²) < 4.78 is 22.6. The van der Waals surface area contributed by atoms with Gasteiger partial charge in [-0.25, -0.2) is 9.07 Å². The number of carbonyl (C=O) groups is 2. The van der Waals surface area contributed by atoms with Crippen molar-refractivity contribution in [3.8, 4) is 17.2 Å². The van der Waals surface area contributed by atoms with Crippen LogP contribution in [0, 0.1) is 5.82 Å². The molecule has 7 nitrogen and oxygen atoms in total. The van der Waals surface area contributed by atoms with Crippen LogP contribution in [0.15, 0.2) is 79.1 Å². The Morgan fingerprint density at radius 3 is 2.46 bits per heavy atom. The second-order valence-corrected chi connectivity index (χ2v) is 11.0. The average Bonchev–Trinajstić information content (AvgIpc) is 3.38. The van der Waals surface area contributed by atoms with E-state index in [1.165, 1.54) is 18.3 Å². The number of ether oxygens (including phenoxy) is 1. The van der Waals surface area contributed by atoms with E-state index in [0.29, 0.717) is 17.9 Å². The van der Waals surface area contributed by atoms with Gasteiger partial charge in [-0.2, -0.15) is 5.10 Å². The normalized spacial score (nSPS) is 11.5. The predicted molar refractivity (Wildman–Crippen MR) is 155 cm³/mol. The van der Waals surface area contributed by atoms with Crippen molar-refractivity contribution in [2.24, 2.45) is 0 Å². The van der Waals surface area contributed by atoms with Crippen LogP contribution in [0.2, 0.25) is 0 Å². The van der Waals surface area contributed by atoms with E-state index in [1.54, 1.807) is 36.0 Å². The number of halogens is 1. The zero-order valence-corrected chi connectivity index (χ0v) is 23.5. The molecule has 0 bridgehead atoms. The molecule has 5 rings (SSSR count). The fourth-order valence-electron chi connectivity index (χ4n) is 4.49. The Bertz CT molecular complexity index is 1750. The molecule has 0 N–H and O–H groups in total. The number of benzene rings is 2. The zero-order valence-electron chi connectivity index (χ0n) is 23.5. The summed E-state index contributed by atoms with van der Waals surface area (Å²) in [5.41, 5.74) is 3.65. The third kappa shape index (κ3) is 6.38. The molecular weight excluding hydrogens is 519 g/mol. The number of Topliss-reactive ketones (excluding diaryl/α,β-unsaturated/α-hetero) is 2. The summed E-state index contributed by atoms with van der Waals surface area (Å²) in [7, 11) is 0. The molecule has 0 fully saturated rings. The van der Waals surface area contributed by atoms with E-state index in [2.05, 4.69) is 30.7 Å². The van der Waals surface area contributed by atoms with Crippen LogP contribution in [0.25, 0.3) is 16.6 Å². The van der Waals surface area contributed by atoms with Crippen LogP contribution in [0.3, 0.4) is 0 Å². The Labute approximate surface area is 238 Å². The summed E-state index contributed by atoms with van der Waals surface area (Å²) >= 11 is 0. The highest BCUT2D eigenvalue weighted by Crippen LogP contribution is 2.27. The largest absolute Gasteiger partial charge is 0.457 e. The fraction of sp³-hybridized carbons (Fsp3) is 0.242. The van der Waals surface area contributed by atoms with Gasteiger partial charge in [0.25, 0.3) is 0 Å². The predicted octanol–water partition coefficient (Wildman–Crippen LogP) is 6.99. The summed E-state index contributed by atoms with van der Waals surface area (Å²) in [6.45, 7) is 7.97. The van der Waals surface area contributed by atoms with Gasteiger partial charge in [0.2, 0.25) is 0 Å². The van der Waals surface area contributed by atoms with Crippen molar-refractivity contribution in [3.63, 3.8) is 0 Å². The summed E-state index contributed by atoms with van der Waals surface area (Å²) in [4.78, 5) is 33.6. The van der Waals surface area contributed by atoms with Gasteiger partial charge in [0, 0.05) is 54.6 Å². The summed E-state index contributed by atoms with van der Waals surface area (Å²) in [6.07, 6.45) is 3.57. The van der Waals surface area contributed by atoms with Crippen LogP contribution in [0.4, 0.5) is 4.39 Å². The molecule has 0 aliphatic rings. The van der Waals surface area contributed by atoms with Gasteiger partial charge in [-0.15, -0.1) is 0 Å². The van der Waals surface area contributed by atoms with Crippen molar-refractivity contribution in [1.29, 1.82) is 0 Å². The van der Waals surface area contributed by atoms with Crippen molar-refractivity contribution >= 4 is 22.5 Å². The van der Waals surface area contributed by atoms with Gasteiger partial charge >= 0.3 is 0 Å². The average molecular weight is 551 g/mol. The SMILES string of the molecule is CCC(=O)c1cc(Oc2ccc(CC(=O)Cc3cc(C(C)(C)C)nn3-c3ccc4ncccc4c3)c(F)c2)ccn1. The number of nitrogens with zero attached hydrogens (tertiary/aromatic N) is 4. The topological polar surface area (TPSA) is 87.0 Å². The molecule has 3 heterocycles. The Kier molecular flexibility index (Phi) is 7.75. The maximum absolute atomic E-state index is 15.0. The Balaban J connectivity index is 1.34. The zero-order chi connectivity index (χ0) is 29.1. The number of carbonyl (C=O) groups excluding carboxylic acids is 2. The van der Waals surface area contributed by atoms with Crippen LogP contribution in [-0.2, 0) is 23.1 Å². The molecule has 41 heavy (non-hydrogen) atoms. The molecule has 5 aromatic rings. The first-order valence-electron chi connectivity index (χ1n) is 13.5. The number of pyridine rings is 2. The van der Waals surface area contributed by atoms with Crippen LogP contribution in [0.1, 0.15) is 61.6 Å². The molecule has 0 atom stereocenters. The molecule has 0 spiro atoms. The van der Waals surface area contributed by atoms with E-state index in [-0.39, 0.29) is 41.1 Å². The molecule has 0 aliphatic carbocycles. The van der Waals surface area contributed by atoms with Crippen molar-refractivity contribution in [1.82, 2.24) is 19.7 Å². The quantitative estimate of drug-likeness (QED) is 0.184. The first kappa shape index (κ1) is 27.8. The van der Waals surface area contributed by atoms with E-state index in [9.17, 15) is 9.59 Å². The highest BCUT2D eigenvalue weighted by molar-refractivity contribution is 5.94. The summed E-state index contributed by atoms with van der Waals surface area (Å²) in [5.74, 6) is -0.144. The number of hydrogen-bond acceptors (Lipinski definition) is 6. The number of aromatic nitrogens is 4. The molecule has 0 radical (unpaired) electrons. The second-order valence-electron chi connectivity index (χ2n) is 11.0. The lowest BCUT2D eigenvalue weighted by Crippen LogP contribution is -2.13. The van der Waals surface area contributed by atoms with E-state index >= 15 is 4.39 Å². The molecular formula is C33H31FN4O3. The van der Waals surface area contributed by atoms with Gasteiger partial charge in [-0.05, 0) is 48.0 Å². The van der Waals surface area contributed by atoms with Gasteiger partial charge in [0.05, 0.1) is 22.6 Å². The minimum absolute atomic E-state index is 0.0752. The first-order valence-corrected chi connectivity index (χ1v) is 13.5. The van der Waals surface area contributed by atoms with Crippen molar-refractivity contribution in [2.45, 2.75) is 52.4 Å². The van der Waals surface area contributed by atoms with Gasteiger partial charge in [0.15, 0.2) is 5.78 Å². The van der Waals surface area contributed by atoms with E-state index in [4.69, 9.17) is 9.84 Å². The Morgan fingerprint density at radius 2 is 1.71 bits per heavy atom. The smallest absolute Gasteiger partial charge is 0.181 e. The molecule has 208 valence electrons. The summed E-state index contributed by atoms with van der Waals surface area (Å²) in [6, 6.07) is 19.2. The molecule has 0 amide bonds. The number of ketones is 2. The molecule has 0 unspecified atom stereocenters. The van der Waals surface area contributed by atoms with Gasteiger partial charge in [-0.1, -0.05) is 39.8 Å². The van der Waals surface area contributed by atoms with Gasteiger partial charge < -0.3 is 4.74 Å². The van der Waals surface area contributed by atoms with Crippen molar-refractivity contribution < 1.29 is 18.7 Å². The molecule has 8 heteroatoms. The molecule has 0 saturated carbocycles. The van der Waals surface area contributed by atoms with Crippen LogP contribution >= 0.6 is 0 Å². The number of rotatable bonds is 9. The lowest BCUT2D eigenvalue weighted by Gasteiger charge is -2.14. The molecule has 2 aromatic carbocycles. The van der Waals surface area contributed by atoms with Crippen LogP contribution in [0.5, 0.6) is 11.5 Å². The van der Waals surface area contributed by atoms with E-state index in [0.717, 1.165) is 28.0 Å². The van der Waals surface area contributed by atoms with Gasteiger partial charge in [0.1, 0.15) is 28.8 Å². The second kappa shape index (κ2) is 11.4. The maximum atomic E-state index is 15.0. The molecule has 0 saturated heterocycles. The maximum Gasteiger partial charge on any atom is 0.181 e. The molecule has 0 aliphatic heterocycles. The first-order chi connectivity index (χ1) is 19.6. The minimum Gasteiger partial charge on any atom is -0.457 e.